The first-order chi connectivity index (χ1) is 11.7. The summed E-state index contributed by atoms with van der Waals surface area (Å²) in [6.45, 7) is 18.2. The quantitative estimate of drug-likeness (QED) is 0.461. The van der Waals surface area contributed by atoms with Gasteiger partial charge in [-0.15, -0.1) is 0 Å². The molecule has 0 amide bonds. The Morgan fingerprint density at radius 2 is 0.923 bits per heavy atom. The highest BCUT2D eigenvalue weighted by Gasteiger charge is 2.35. The second kappa shape index (κ2) is 10.5. The Balaban J connectivity index is 4.49. The summed E-state index contributed by atoms with van der Waals surface area (Å²) in [6.07, 6.45) is -1.15. The van der Waals surface area contributed by atoms with Crippen molar-refractivity contribution in [1.82, 2.24) is 0 Å². The number of Topliss-reactive ketones (excluding diaryl/α,β-unsaturated/α-hetero) is 2. The van der Waals surface area contributed by atoms with Crippen LogP contribution < -0.4 is 0 Å². The van der Waals surface area contributed by atoms with Gasteiger partial charge in [0, 0.05) is 0 Å². The molecule has 0 saturated heterocycles. The van der Waals surface area contributed by atoms with Crippen molar-refractivity contribution in [2.75, 3.05) is 13.2 Å². The smallest absolute Gasteiger partial charge is 0.192 e. The average Bonchev–Trinajstić information content (AvgIpc) is 2.48. The SMILES string of the molecule is CC(C)OC(C)C(=O)C(C)(C)OCCOC(C)(C)C(=O)C(C)OC(C)C. The number of hydrogen-bond donors (Lipinski definition) is 0. The normalized spacial score (nSPS) is 15.4. The van der Waals surface area contributed by atoms with Gasteiger partial charge in [-0.2, -0.15) is 0 Å². The highest BCUT2D eigenvalue weighted by molar-refractivity contribution is 5.90. The molecule has 2 atom stereocenters. The predicted molar refractivity (Wildman–Crippen MR) is 101 cm³/mol. The molecule has 0 aromatic carbocycles. The van der Waals surface area contributed by atoms with E-state index in [2.05, 4.69) is 0 Å². The highest BCUT2D eigenvalue weighted by atomic mass is 16.6. The first-order valence-corrected chi connectivity index (χ1v) is 9.38. The summed E-state index contributed by atoms with van der Waals surface area (Å²) in [4.78, 5) is 24.9. The molecule has 0 N–H and O–H groups in total. The fourth-order valence-electron chi connectivity index (χ4n) is 2.66. The molecule has 0 aliphatic heterocycles. The molecule has 0 radical (unpaired) electrons. The van der Waals surface area contributed by atoms with Gasteiger partial charge in [0.25, 0.3) is 0 Å². The van der Waals surface area contributed by atoms with Crippen LogP contribution in [0.4, 0.5) is 0 Å². The van der Waals surface area contributed by atoms with E-state index in [1.165, 1.54) is 0 Å². The Bertz CT molecular complexity index is 411. The number of ether oxygens (including phenoxy) is 4. The third kappa shape index (κ3) is 8.71. The van der Waals surface area contributed by atoms with Gasteiger partial charge in [-0.3, -0.25) is 9.59 Å². The van der Waals surface area contributed by atoms with Crippen molar-refractivity contribution in [3.63, 3.8) is 0 Å². The molecule has 6 nitrogen and oxygen atoms in total. The van der Waals surface area contributed by atoms with E-state index in [9.17, 15) is 9.59 Å². The summed E-state index contributed by atoms with van der Waals surface area (Å²) in [6, 6.07) is 0. The Morgan fingerprint density at radius 3 is 1.15 bits per heavy atom. The van der Waals surface area contributed by atoms with E-state index in [-0.39, 0.29) is 37.0 Å². The summed E-state index contributed by atoms with van der Waals surface area (Å²) < 4.78 is 22.5. The zero-order valence-electron chi connectivity index (χ0n) is 18.2. The van der Waals surface area contributed by atoms with E-state index >= 15 is 0 Å². The van der Waals surface area contributed by atoms with Crippen molar-refractivity contribution in [1.29, 1.82) is 0 Å². The molecule has 0 aromatic heterocycles. The number of ketones is 2. The van der Waals surface area contributed by atoms with Crippen LogP contribution in [0, 0.1) is 0 Å². The van der Waals surface area contributed by atoms with Crippen LogP contribution in [0.5, 0.6) is 0 Å². The van der Waals surface area contributed by atoms with Gasteiger partial charge in [0.15, 0.2) is 11.6 Å². The van der Waals surface area contributed by atoms with Crippen LogP contribution in [0.2, 0.25) is 0 Å². The van der Waals surface area contributed by atoms with Crippen LogP contribution in [0.15, 0.2) is 0 Å². The molecule has 0 rings (SSSR count). The molecule has 0 spiro atoms. The lowest BCUT2D eigenvalue weighted by atomic mass is 9.99. The van der Waals surface area contributed by atoms with Gasteiger partial charge in [0.1, 0.15) is 23.4 Å². The van der Waals surface area contributed by atoms with Crippen LogP contribution in [0.1, 0.15) is 69.2 Å². The molecule has 0 fully saturated rings. The average molecular weight is 375 g/mol. The van der Waals surface area contributed by atoms with Crippen LogP contribution in [0.3, 0.4) is 0 Å². The summed E-state index contributed by atoms with van der Waals surface area (Å²) in [7, 11) is 0. The summed E-state index contributed by atoms with van der Waals surface area (Å²) in [5.74, 6) is -0.249. The standard InChI is InChI=1S/C20H38O6/c1-13(2)25-15(5)17(21)19(7,8)23-11-12-24-20(9,10)18(22)16(6)26-14(3)4/h13-16H,11-12H2,1-10H3. The summed E-state index contributed by atoms with van der Waals surface area (Å²) >= 11 is 0. The molecular formula is C20H38O6. The van der Waals surface area contributed by atoms with Gasteiger partial charge in [-0.1, -0.05) is 0 Å². The lowest BCUT2D eigenvalue weighted by Crippen LogP contribution is -2.45. The van der Waals surface area contributed by atoms with E-state index < -0.39 is 23.4 Å². The zero-order valence-corrected chi connectivity index (χ0v) is 18.2. The molecular weight excluding hydrogens is 336 g/mol. The molecule has 154 valence electrons. The maximum absolute atomic E-state index is 12.4. The maximum atomic E-state index is 12.4. The number of hydrogen-bond acceptors (Lipinski definition) is 6. The van der Waals surface area contributed by atoms with E-state index in [0.29, 0.717) is 0 Å². The molecule has 6 heteroatoms. The van der Waals surface area contributed by atoms with Gasteiger partial charge < -0.3 is 18.9 Å². The Labute approximate surface area is 158 Å². The van der Waals surface area contributed by atoms with Crippen molar-refractivity contribution in [2.45, 2.75) is 105 Å². The summed E-state index contributed by atoms with van der Waals surface area (Å²) in [5, 5.41) is 0. The minimum Gasteiger partial charge on any atom is -0.368 e. The fourth-order valence-corrected chi connectivity index (χ4v) is 2.66. The minimum absolute atomic E-state index is 0.0325. The monoisotopic (exact) mass is 374 g/mol. The van der Waals surface area contributed by atoms with Crippen LogP contribution in [-0.4, -0.2) is 60.4 Å². The van der Waals surface area contributed by atoms with Crippen molar-refractivity contribution in [3.05, 3.63) is 0 Å². The largest absolute Gasteiger partial charge is 0.368 e. The number of carbonyl (C=O) groups excluding carboxylic acids is 2. The van der Waals surface area contributed by atoms with E-state index in [1.807, 2.05) is 27.7 Å². The van der Waals surface area contributed by atoms with Gasteiger partial charge in [0.2, 0.25) is 0 Å². The van der Waals surface area contributed by atoms with Crippen molar-refractivity contribution >= 4 is 11.6 Å². The van der Waals surface area contributed by atoms with Crippen LogP contribution in [0.25, 0.3) is 0 Å². The third-order valence-electron chi connectivity index (χ3n) is 3.89. The Kier molecular flexibility index (Phi) is 10.2. The first-order valence-electron chi connectivity index (χ1n) is 9.38. The van der Waals surface area contributed by atoms with E-state index in [0.717, 1.165) is 0 Å². The predicted octanol–water partition coefficient (Wildman–Crippen LogP) is 3.34. The van der Waals surface area contributed by atoms with Crippen molar-refractivity contribution in [3.8, 4) is 0 Å². The number of carbonyl (C=O) groups is 2. The van der Waals surface area contributed by atoms with Crippen molar-refractivity contribution in [2.24, 2.45) is 0 Å². The minimum atomic E-state index is -0.986. The fraction of sp³-hybridized carbons (Fsp3) is 0.900. The zero-order chi connectivity index (χ0) is 20.7. The number of rotatable bonds is 13. The maximum Gasteiger partial charge on any atom is 0.192 e. The van der Waals surface area contributed by atoms with Gasteiger partial charge in [-0.05, 0) is 69.2 Å². The molecule has 2 unspecified atom stereocenters. The topological polar surface area (TPSA) is 71.1 Å². The summed E-state index contributed by atoms with van der Waals surface area (Å²) in [5.41, 5.74) is -1.97. The van der Waals surface area contributed by atoms with Crippen LogP contribution in [-0.2, 0) is 28.5 Å². The second-order valence-corrected chi connectivity index (χ2v) is 8.10. The third-order valence-corrected chi connectivity index (χ3v) is 3.89. The second-order valence-electron chi connectivity index (χ2n) is 8.10. The van der Waals surface area contributed by atoms with Crippen molar-refractivity contribution < 1.29 is 28.5 Å². The molecule has 0 aromatic rings. The molecule has 0 heterocycles. The Morgan fingerprint density at radius 1 is 0.654 bits per heavy atom. The van der Waals surface area contributed by atoms with Gasteiger partial charge >= 0.3 is 0 Å². The molecule has 26 heavy (non-hydrogen) atoms. The van der Waals surface area contributed by atoms with Gasteiger partial charge in [-0.25, -0.2) is 0 Å². The molecule has 0 saturated carbocycles. The molecule has 0 aliphatic carbocycles. The molecule has 0 bridgehead atoms. The van der Waals surface area contributed by atoms with E-state index in [1.54, 1.807) is 41.5 Å². The van der Waals surface area contributed by atoms with Gasteiger partial charge in [0.05, 0.1) is 25.4 Å². The van der Waals surface area contributed by atoms with Crippen LogP contribution >= 0.6 is 0 Å². The lowest BCUT2D eigenvalue weighted by Gasteiger charge is -2.30. The molecule has 0 aliphatic rings. The lowest BCUT2D eigenvalue weighted by molar-refractivity contribution is -0.163. The highest BCUT2D eigenvalue weighted by Crippen LogP contribution is 2.18. The van der Waals surface area contributed by atoms with E-state index in [4.69, 9.17) is 18.9 Å². The first kappa shape index (κ1) is 25.2. The Hall–Kier alpha value is -0.820.